The topological polar surface area (TPSA) is 107 Å². The number of nitro groups is 2. The second-order valence-corrected chi connectivity index (χ2v) is 5.54. The molecule has 1 saturated heterocycles. The lowest BCUT2D eigenvalue weighted by Crippen LogP contribution is -2.38. The summed E-state index contributed by atoms with van der Waals surface area (Å²) in [6, 6.07) is 2.45. The van der Waals surface area contributed by atoms with Crippen molar-refractivity contribution in [1.82, 2.24) is 4.90 Å². The molecule has 2 atom stereocenters. The molecule has 1 aromatic rings. The minimum absolute atomic E-state index is 0.0544. The molecule has 0 N–H and O–H groups in total. The molecule has 1 heterocycles. The van der Waals surface area contributed by atoms with Crippen LogP contribution in [-0.4, -0.2) is 33.7 Å². The standard InChI is InChI=1S/C13H13N3O5/c1-7(17)14-5-8-2-9(6-14)13-11(8)3-10(15(18)19)4-12(13)16(20)21/h3-4,8-9H,2,5-6H2,1H3. The average Bonchev–Trinajstić information content (AvgIpc) is 2.69. The third-order valence-electron chi connectivity index (χ3n) is 4.33. The first kappa shape index (κ1) is 13.5. The highest BCUT2D eigenvalue weighted by Crippen LogP contribution is 2.50. The van der Waals surface area contributed by atoms with Crippen LogP contribution in [0.4, 0.5) is 11.4 Å². The van der Waals surface area contributed by atoms with Gasteiger partial charge < -0.3 is 4.90 Å². The highest BCUT2D eigenvalue weighted by Gasteiger charge is 2.43. The Labute approximate surface area is 119 Å². The van der Waals surface area contributed by atoms with Gasteiger partial charge in [-0.05, 0) is 12.0 Å². The number of carbonyl (C=O) groups is 1. The van der Waals surface area contributed by atoms with E-state index in [0.717, 1.165) is 6.07 Å². The molecule has 2 bridgehead atoms. The van der Waals surface area contributed by atoms with E-state index >= 15 is 0 Å². The van der Waals surface area contributed by atoms with E-state index in [1.807, 2.05) is 0 Å². The first-order valence-corrected chi connectivity index (χ1v) is 6.60. The summed E-state index contributed by atoms with van der Waals surface area (Å²) in [6.07, 6.45) is 0.709. The Morgan fingerprint density at radius 2 is 1.86 bits per heavy atom. The van der Waals surface area contributed by atoms with Crippen molar-refractivity contribution in [3.63, 3.8) is 0 Å². The van der Waals surface area contributed by atoms with Crippen LogP contribution in [-0.2, 0) is 4.79 Å². The molecule has 0 saturated carbocycles. The molecule has 1 aromatic carbocycles. The summed E-state index contributed by atoms with van der Waals surface area (Å²) in [5.74, 6) is -0.236. The van der Waals surface area contributed by atoms with Crippen molar-refractivity contribution in [2.24, 2.45) is 0 Å². The van der Waals surface area contributed by atoms with Gasteiger partial charge in [0.25, 0.3) is 11.4 Å². The molecule has 1 fully saturated rings. The molecular weight excluding hydrogens is 278 g/mol. The van der Waals surface area contributed by atoms with Gasteiger partial charge in [-0.15, -0.1) is 0 Å². The molecule has 2 unspecified atom stereocenters. The van der Waals surface area contributed by atoms with Gasteiger partial charge in [0.2, 0.25) is 5.91 Å². The number of fused-ring (bicyclic) bond motifs is 5. The van der Waals surface area contributed by atoms with Gasteiger partial charge in [0.1, 0.15) is 0 Å². The minimum Gasteiger partial charge on any atom is -0.342 e. The molecule has 1 aliphatic heterocycles. The van der Waals surface area contributed by atoms with E-state index in [2.05, 4.69) is 0 Å². The molecule has 110 valence electrons. The maximum absolute atomic E-state index is 11.5. The van der Waals surface area contributed by atoms with Crippen molar-refractivity contribution in [3.8, 4) is 0 Å². The summed E-state index contributed by atoms with van der Waals surface area (Å²) >= 11 is 0. The smallest absolute Gasteiger partial charge is 0.280 e. The maximum atomic E-state index is 11.5. The van der Waals surface area contributed by atoms with E-state index < -0.39 is 9.85 Å². The van der Waals surface area contributed by atoms with Crippen molar-refractivity contribution in [1.29, 1.82) is 0 Å². The van der Waals surface area contributed by atoms with Crippen molar-refractivity contribution in [2.75, 3.05) is 13.1 Å². The number of benzene rings is 1. The molecular formula is C13H13N3O5. The van der Waals surface area contributed by atoms with Crippen LogP contribution in [0.5, 0.6) is 0 Å². The molecule has 8 nitrogen and oxygen atoms in total. The number of hydrogen-bond donors (Lipinski definition) is 0. The lowest BCUT2D eigenvalue weighted by Gasteiger charge is -2.31. The Kier molecular flexibility index (Phi) is 2.89. The van der Waals surface area contributed by atoms with E-state index in [1.165, 1.54) is 13.0 Å². The maximum Gasteiger partial charge on any atom is 0.280 e. The summed E-state index contributed by atoms with van der Waals surface area (Å²) in [5, 5.41) is 22.2. The fourth-order valence-electron chi connectivity index (χ4n) is 3.47. The zero-order valence-electron chi connectivity index (χ0n) is 11.3. The summed E-state index contributed by atoms with van der Waals surface area (Å²) < 4.78 is 0. The molecule has 1 amide bonds. The molecule has 0 radical (unpaired) electrons. The van der Waals surface area contributed by atoms with Crippen LogP contribution in [0.3, 0.4) is 0 Å². The number of rotatable bonds is 2. The number of nitrogens with zero attached hydrogens (tertiary/aromatic N) is 3. The third-order valence-corrected chi connectivity index (χ3v) is 4.33. The summed E-state index contributed by atoms with van der Waals surface area (Å²) in [7, 11) is 0. The lowest BCUT2D eigenvalue weighted by atomic mass is 9.95. The number of likely N-dealkylation sites (tertiary alicyclic amines) is 1. The Morgan fingerprint density at radius 1 is 1.19 bits per heavy atom. The molecule has 8 heteroatoms. The number of non-ortho nitro benzene ring substituents is 1. The highest BCUT2D eigenvalue weighted by atomic mass is 16.6. The quantitative estimate of drug-likeness (QED) is 0.611. The largest absolute Gasteiger partial charge is 0.342 e. The van der Waals surface area contributed by atoms with Crippen molar-refractivity contribution < 1.29 is 14.6 Å². The molecule has 0 spiro atoms. The number of carbonyl (C=O) groups excluding carboxylic acids is 1. The number of nitro benzene ring substituents is 2. The predicted molar refractivity (Wildman–Crippen MR) is 72.1 cm³/mol. The Bertz CT molecular complexity index is 672. The summed E-state index contributed by atoms with van der Waals surface area (Å²) in [6.45, 7) is 2.38. The molecule has 0 aromatic heterocycles. The predicted octanol–water partition coefficient (Wildman–Crippen LogP) is 1.94. The second kappa shape index (κ2) is 4.51. The zero-order chi connectivity index (χ0) is 15.3. The van der Waals surface area contributed by atoms with E-state index in [9.17, 15) is 25.0 Å². The van der Waals surface area contributed by atoms with Crippen molar-refractivity contribution >= 4 is 17.3 Å². The van der Waals surface area contributed by atoms with Gasteiger partial charge in [-0.2, -0.15) is 0 Å². The second-order valence-electron chi connectivity index (χ2n) is 5.54. The van der Waals surface area contributed by atoms with Gasteiger partial charge in [-0.1, -0.05) is 0 Å². The van der Waals surface area contributed by atoms with Gasteiger partial charge in [0.15, 0.2) is 0 Å². The first-order chi connectivity index (χ1) is 9.88. The zero-order valence-corrected chi connectivity index (χ0v) is 11.3. The molecule has 3 rings (SSSR count). The van der Waals surface area contributed by atoms with Crippen LogP contribution in [0.2, 0.25) is 0 Å². The fraction of sp³-hybridized carbons (Fsp3) is 0.462. The Hall–Kier alpha value is -2.51. The number of amides is 1. The minimum atomic E-state index is -0.613. The lowest BCUT2D eigenvalue weighted by molar-refractivity contribution is -0.394. The average molecular weight is 291 g/mol. The highest BCUT2D eigenvalue weighted by molar-refractivity contribution is 5.74. The van der Waals surface area contributed by atoms with Crippen molar-refractivity contribution in [3.05, 3.63) is 43.5 Å². The van der Waals surface area contributed by atoms with Crippen LogP contribution < -0.4 is 0 Å². The van der Waals surface area contributed by atoms with E-state index in [-0.39, 0.29) is 29.1 Å². The molecule has 1 aliphatic carbocycles. The third kappa shape index (κ3) is 2.03. The number of hydrogen-bond acceptors (Lipinski definition) is 5. The van der Waals surface area contributed by atoms with Crippen LogP contribution >= 0.6 is 0 Å². The van der Waals surface area contributed by atoms with Gasteiger partial charge in [-0.25, -0.2) is 0 Å². The normalized spacial score (nSPS) is 22.8. The van der Waals surface area contributed by atoms with E-state index in [4.69, 9.17) is 0 Å². The van der Waals surface area contributed by atoms with Crippen LogP contribution in [0.15, 0.2) is 12.1 Å². The van der Waals surface area contributed by atoms with Gasteiger partial charge in [0.05, 0.1) is 15.9 Å². The summed E-state index contributed by atoms with van der Waals surface area (Å²) in [4.78, 5) is 34.2. The van der Waals surface area contributed by atoms with Crippen LogP contribution in [0, 0.1) is 20.2 Å². The Morgan fingerprint density at radius 3 is 2.43 bits per heavy atom. The van der Waals surface area contributed by atoms with Gasteiger partial charge in [-0.3, -0.25) is 25.0 Å². The SMILES string of the molecule is CC(=O)N1CC2CC(C1)c1c2cc([N+](=O)[O-])cc1[N+](=O)[O-]. The summed E-state index contributed by atoms with van der Waals surface area (Å²) in [5.41, 5.74) is 0.767. The number of piperidine rings is 1. The van der Waals surface area contributed by atoms with E-state index in [0.29, 0.717) is 30.6 Å². The Balaban J connectivity index is 2.14. The van der Waals surface area contributed by atoms with E-state index in [1.54, 1.807) is 4.90 Å². The van der Waals surface area contributed by atoms with Crippen LogP contribution in [0.25, 0.3) is 0 Å². The monoisotopic (exact) mass is 291 g/mol. The molecule has 21 heavy (non-hydrogen) atoms. The van der Waals surface area contributed by atoms with Gasteiger partial charge in [0, 0.05) is 43.5 Å². The molecule has 2 aliphatic rings. The van der Waals surface area contributed by atoms with Crippen molar-refractivity contribution in [2.45, 2.75) is 25.2 Å². The first-order valence-electron chi connectivity index (χ1n) is 6.60. The van der Waals surface area contributed by atoms with Gasteiger partial charge >= 0.3 is 0 Å². The fourth-order valence-corrected chi connectivity index (χ4v) is 3.47. The van der Waals surface area contributed by atoms with Crippen LogP contribution in [0.1, 0.15) is 36.3 Å².